The van der Waals surface area contributed by atoms with E-state index >= 15 is 0 Å². The Labute approximate surface area is 495 Å². The van der Waals surface area contributed by atoms with Crippen molar-refractivity contribution in [3.05, 3.63) is 106 Å². The van der Waals surface area contributed by atoms with Gasteiger partial charge >= 0.3 is 0 Å². The molecule has 8 rings (SSSR count). The van der Waals surface area contributed by atoms with Crippen molar-refractivity contribution in [3.63, 3.8) is 0 Å². The van der Waals surface area contributed by atoms with E-state index in [9.17, 15) is 48.2 Å². The van der Waals surface area contributed by atoms with E-state index < -0.39 is 58.8 Å². The van der Waals surface area contributed by atoms with Crippen molar-refractivity contribution in [2.45, 2.75) is 103 Å². The van der Waals surface area contributed by atoms with E-state index in [0.717, 1.165) is 34.5 Å². The number of aromatic nitrogens is 2. The van der Waals surface area contributed by atoms with Gasteiger partial charge in [0.1, 0.15) is 23.6 Å². The lowest BCUT2D eigenvalue weighted by Crippen LogP contribution is -2.59. The van der Waals surface area contributed by atoms with Crippen molar-refractivity contribution < 1.29 is 71.6 Å². The molecular formula is C60H74FN9O14S. The normalized spacial score (nSPS) is 17.1. The van der Waals surface area contributed by atoms with E-state index in [4.69, 9.17) is 23.5 Å². The predicted molar refractivity (Wildman–Crippen MR) is 309 cm³/mol. The number of fused-ring (bicyclic) bond motifs is 1. The highest BCUT2D eigenvalue weighted by Gasteiger charge is 2.53. The van der Waals surface area contributed by atoms with Crippen molar-refractivity contribution >= 4 is 52.7 Å². The minimum atomic E-state index is -2.01. The number of nitrogens with one attached hydrogen (secondary N) is 5. The van der Waals surface area contributed by atoms with Crippen LogP contribution in [0.3, 0.4) is 0 Å². The van der Waals surface area contributed by atoms with Crippen LogP contribution in [0, 0.1) is 12.3 Å². The summed E-state index contributed by atoms with van der Waals surface area (Å²) in [5.41, 5.74) is 3.85. The Morgan fingerprint density at radius 3 is 2.33 bits per heavy atom. The second-order valence-electron chi connectivity index (χ2n) is 22.3. The maximum absolute atomic E-state index is 14.7. The first-order chi connectivity index (χ1) is 40.7. The number of carbonyl (C=O) groups excluding carboxylic acids is 7. The maximum Gasteiger partial charge on any atom is 0.273 e. The number of aliphatic hydroxyl groups excluding tert-OH is 1. The Bertz CT molecular complexity index is 3200. The number of halogens is 1. The van der Waals surface area contributed by atoms with Gasteiger partial charge in [-0.3, -0.25) is 33.6 Å². The van der Waals surface area contributed by atoms with Gasteiger partial charge in [0, 0.05) is 69.8 Å². The molecule has 2 fully saturated rings. The van der Waals surface area contributed by atoms with Gasteiger partial charge in [-0.2, -0.15) is 0 Å². The van der Waals surface area contributed by atoms with Crippen LogP contribution in [0.2, 0.25) is 0 Å². The van der Waals surface area contributed by atoms with Gasteiger partial charge in [0.05, 0.1) is 73.4 Å². The SMILES string of the molecule is Cc1ncsc1-c1ccc(CNC(=O)[C@@H]2C[C@@H](O)CN2C(=O)C(NC(=O)C2(F)CC2)C(C)(C)C)c(OCC(=O)NCCOCCOCCOCCC(=O)NCCN(C)C(=O)c2ccc(-c3cc(C(=O)N[C@@H]4CCc5ccccc54)no3)cc2O)c1. The molecule has 1 saturated carbocycles. The summed E-state index contributed by atoms with van der Waals surface area (Å²) in [7, 11) is 1.55. The number of thiazole rings is 1. The number of likely N-dealkylation sites (tertiary alicyclic amines) is 1. The van der Waals surface area contributed by atoms with Crippen molar-refractivity contribution in [2.24, 2.45) is 5.41 Å². The number of aryl methyl sites for hydroxylation is 2. The zero-order chi connectivity index (χ0) is 60.8. The van der Waals surface area contributed by atoms with Gasteiger partial charge in [-0.05, 0) is 72.9 Å². The summed E-state index contributed by atoms with van der Waals surface area (Å²) in [5, 5.41) is 39.2. The van der Waals surface area contributed by atoms with Crippen LogP contribution in [-0.4, -0.2) is 175 Å². The van der Waals surface area contributed by atoms with E-state index in [1.54, 1.807) is 51.5 Å². The molecule has 1 aliphatic heterocycles. The fraction of sp³-hybridized carbons (Fsp3) is 0.483. The second kappa shape index (κ2) is 28.8. The maximum atomic E-state index is 14.7. The summed E-state index contributed by atoms with van der Waals surface area (Å²) >= 11 is 1.43. The first-order valence-corrected chi connectivity index (χ1v) is 29.2. The fourth-order valence-corrected chi connectivity index (χ4v) is 10.6. The number of ether oxygens (including phenoxy) is 4. The quantitative estimate of drug-likeness (QED) is 0.0328. The minimum Gasteiger partial charge on any atom is -0.507 e. The topological polar surface area (TPSA) is 302 Å². The zero-order valence-corrected chi connectivity index (χ0v) is 49.2. The van der Waals surface area contributed by atoms with Crippen molar-refractivity contribution in [1.82, 2.24) is 46.5 Å². The molecule has 85 heavy (non-hydrogen) atoms. The number of β-amino-alcohol motifs (C(OH)–C–C–N with tert-alkyl or cyclic N) is 1. The van der Waals surface area contributed by atoms with E-state index in [0.29, 0.717) is 16.9 Å². The molecule has 1 unspecified atom stereocenters. The monoisotopic (exact) mass is 1200 g/mol. The zero-order valence-electron chi connectivity index (χ0n) is 48.3. The van der Waals surface area contributed by atoms with Gasteiger partial charge in [-0.25, -0.2) is 9.37 Å². The molecule has 7 N–H and O–H groups in total. The minimum absolute atomic E-state index is 0.0420. The fourth-order valence-electron chi connectivity index (χ4n) is 9.82. The number of rotatable bonds is 29. The number of phenolic OH excluding ortho intramolecular Hbond substituents is 1. The van der Waals surface area contributed by atoms with Crippen molar-refractivity contribution in [3.8, 4) is 33.3 Å². The first kappa shape index (κ1) is 63.2. The number of nitrogens with zero attached hydrogens (tertiary/aromatic N) is 4. The van der Waals surface area contributed by atoms with Crippen molar-refractivity contribution in [2.75, 3.05) is 79.5 Å². The Kier molecular flexibility index (Phi) is 21.4. The molecule has 5 aromatic rings. The van der Waals surface area contributed by atoms with Crippen LogP contribution in [0.4, 0.5) is 4.39 Å². The van der Waals surface area contributed by atoms with E-state index in [-0.39, 0.29) is 145 Å². The number of hydrogen-bond acceptors (Lipinski definition) is 17. The summed E-state index contributed by atoms with van der Waals surface area (Å²) in [5.74, 6) is -3.27. The number of benzene rings is 3. The molecule has 456 valence electrons. The third-order valence-electron chi connectivity index (χ3n) is 14.8. The molecule has 1 saturated heterocycles. The summed E-state index contributed by atoms with van der Waals surface area (Å²) in [6, 6.07) is 16.9. The summed E-state index contributed by atoms with van der Waals surface area (Å²) in [6.07, 6.45) is 0.856. The number of aliphatic hydroxyl groups is 1. The lowest BCUT2D eigenvalue weighted by molar-refractivity contribution is -0.145. The largest absolute Gasteiger partial charge is 0.507 e. The number of hydrogen-bond donors (Lipinski definition) is 7. The standard InChI is InChI=1S/C60H74FN9O14S/c1-36-52(85-35-65-36)39-10-11-40(32-64-55(76)46-30-41(71)33-70(46)57(78)53(59(2,3)4)67-58(79)60(61)17-18-60)48(29-39)83-34-51(74)63-20-23-81-25-27-82-26-24-80-22-16-50(73)62-19-21-69(5)56(77)43-14-12-38(28-47(43)72)49-31-45(68-84-49)54(75)66-44-15-13-37-8-6-7-9-42(37)44/h6-12,14,28-29,31,35,41,44,46,53,71-72H,13,15-27,30,32-34H2,1-5H3,(H,62,73)(H,63,74)(H,64,76)(H,66,75)(H,67,79)/t41-,44-,46+,53?/m1/s1. The number of amides is 7. The second-order valence-corrected chi connectivity index (χ2v) is 23.2. The highest BCUT2D eigenvalue weighted by molar-refractivity contribution is 7.13. The number of alkyl halides is 1. The average molecular weight is 1200 g/mol. The van der Waals surface area contributed by atoms with Gasteiger partial charge in [-0.15, -0.1) is 11.3 Å². The van der Waals surface area contributed by atoms with Crippen LogP contribution in [0.15, 0.2) is 76.8 Å². The molecule has 3 aliphatic rings. The molecule has 25 heteroatoms. The molecule has 4 atom stereocenters. The molecule has 0 bridgehead atoms. The molecule has 2 aliphatic carbocycles. The Morgan fingerprint density at radius 2 is 1.61 bits per heavy atom. The lowest BCUT2D eigenvalue weighted by atomic mass is 9.85. The van der Waals surface area contributed by atoms with Crippen LogP contribution in [-0.2, 0) is 51.1 Å². The van der Waals surface area contributed by atoms with Gasteiger partial charge in [0.2, 0.25) is 17.7 Å². The third kappa shape index (κ3) is 17.0. The van der Waals surface area contributed by atoms with Crippen LogP contribution < -0.4 is 31.3 Å². The summed E-state index contributed by atoms with van der Waals surface area (Å²) < 4.78 is 42.7. The Morgan fingerprint density at radius 1 is 0.894 bits per heavy atom. The number of likely N-dealkylation sites (N-methyl/N-ethyl adjacent to an activating group) is 1. The van der Waals surface area contributed by atoms with Crippen LogP contribution in [0.1, 0.15) is 102 Å². The van der Waals surface area contributed by atoms with E-state index in [1.807, 2.05) is 31.2 Å². The highest BCUT2D eigenvalue weighted by Crippen LogP contribution is 2.41. The first-order valence-electron chi connectivity index (χ1n) is 28.3. The van der Waals surface area contributed by atoms with Gasteiger partial charge in [-0.1, -0.05) is 68.4 Å². The highest BCUT2D eigenvalue weighted by atomic mass is 32.1. The van der Waals surface area contributed by atoms with E-state index in [2.05, 4.69) is 42.8 Å². The molecule has 23 nitrogen and oxygen atoms in total. The number of carbonyl (C=O) groups is 7. The van der Waals surface area contributed by atoms with Crippen LogP contribution in [0.25, 0.3) is 21.8 Å². The molecular weight excluding hydrogens is 1120 g/mol. The molecule has 2 aromatic heterocycles. The Hall–Kier alpha value is -7.84. The smallest absolute Gasteiger partial charge is 0.273 e. The predicted octanol–water partition coefficient (Wildman–Crippen LogP) is 4.33. The van der Waals surface area contributed by atoms with E-state index in [1.165, 1.54) is 44.9 Å². The number of phenols is 1. The molecule has 3 heterocycles. The van der Waals surface area contributed by atoms with Gasteiger partial charge in [0.25, 0.3) is 23.6 Å². The lowest BCUT2D eigenvalue weighted by Gasteiger charge is -2.35. The average Bonchev–Trinajstić information content (AvgIpc) is 3.40. The van der Waals surface area contributed by atoms with Crippen LogP contribution >= 0.6 is 11.3 Å². The molecule has 0 spiro atoms. The molecule has 0 radical (unpaired) electrons. The number of aromatic hydroxyl groups is 1. The van der Waals surface area contributed by atoms with Gasteiger partial charge in [0.15, 0.2) is 23.7 Å². The third-order valence-corrected chi connectivity index (χ3v) is 15.8. The molecule has 3 aromatic carbocycles. The Balaban J connectivity index is 0.671. The summed E-state index contributed by atoms with van der Waals surface area (Å²) in [6.45, 7) is 8.36. The molecule has 7 amide bonds. The van der Waals surface area contributed by atoms with Crippen LogP contribution in [0.5, 0.6) is 11.5 Å². The summed E-state index contributed by atoms with van der Waals surface area (Å²) in [4.78, 5) is 99.7. The van der Waals surface area contributed by atoms with Gasteiger partial charge < -0.3 is 70.1 Å². The van der Waals surface area contributed by atoms with Crippen molar-refractivity contribution in [1.29, 1.82) is 0 Å².